The number of ether oxygens (including phenoxy) is 2. The number of benzene rings is 2. The molecule has 2 amide bonds. The average Bonchev–Trinajstić information content (AvgIpc) is 2.63. The smallest absolute Gasteiger partial charge is 0.255 e. The van der Waals surface area contributed by atoms with Crippen LogP contribution in [-0.4, -0.2) is 31.6 Å². The summed E-state index contributed by atoms with van der Waals surface area (Å²) >= 11 is 6.19. The van der Waals surface area contributed by atoms with Gasteiger partial charge in [0.05, 0.1) is 5.02 Å². The molecule has 0 bridgehead atoms. The van der Waals surface area contributed by atoms with Crippen LogP contribution >= 0.6 is 11.6 Å². The van der Waals surface area contributed by atoms with Crippen LogP contribution in [0.1, 0.15) is 33.2 Å². The molecule has 2 aromatic carbocycles. The molecule has 136 valence electrons. The second kappa shape index (κ2) is 7.66. The van der Waals surface area contributed by atoms with Gasteiger partial charge in [0.1, 0.15) is 13.2 Å². The monoisotopic (exact) mass is 374 g/mol. The zero-order valence-electron chi connectivity index (χ0n) is 14.5. The summed E-state index contributed by atoms with van der Waals surface area (Å²) in [5.74, 6) is 0.357. The normalized spacial score (nSPS) is 12.4. The topological polar surface area (TPSA) is 76.7 Å². The van der Waals surface area contributed by atoms with Crippen LogP contribution in [0.2, 0.25) is 5.02 Å². The quantitative estimate of drug-likeness (QED) is 0.859. The van der Waals surface area contributed by atoms with Crippen molar-refractivity contribution in [3.05, 3.63) is 52.0 Å². The van der Waals surface area contributed by atoms with Crippen LogP contribution in [0, 0.1) is 6.92 Å². The van der Waals surface area contributed by atoms with Gasteiger partial charge in [-0.1, -0.05) is 17.7 Å². The van der Waals surface area contributed by atoms with E-state index in [-0.39, 0.29) is 11.8 Å². The summed E-state index contributed by atoms with van der Waals surface area (Å²) in [7, 11) is 0. The molecular formula is C19H19ClN2O4. The largest absolute Gasteiger partial charge is 0.486 e. The van der Waals surface area contributed by atoms with E-state index in [1.807, 2.05) is 13.8 Å². The van der Waals surface area contributed by atoms with Crippen LogP contribution in [0.3, 0.4) is 0 Å². The van der Waals surface area contributed by atoms with Crippen molar-refractivity contribution in [1.82, 2.24) is 5.32 Å². The van der Waals surface area contributed by atoms with E-state index in [1.54, 1.807) is 24.3 Å². The van der Waals surface area contributed by atoms with Crippen molar-refractivity contribution in [1.29, 1.82) is 0 Å². The van der Waals surface area contributed by atoms with Gasteiger partial charge in [-0.2, -0.15) is 0 Å². The number of carbonyl (C=O) groups excluding carboxylic acids is 2. The fourth-order valence-corrected chi connectivity index (χ4v) is 2.86. The SMILES string of the molecule is CCNC(=O)c1ccc(C)c(NC(=O)c2cc(Cl)c3c(c2)OCCO3)c1. The summed E-state index contributed by atoms with van der Waals surface area (Å²) in [6.45, 7) is 5.06. The van der Waals surface area contributed by atoms with Gasteiger partial charge in [-0.25, -0.2) is 0 Å². The summed E-state index contributed by atoms with van der Waals surface area (Å²) in [5.41, 5.74) is 2.23. The first-order chi connectivity index (χ1) is 12.5. The number of rotatable bonds is 4. The van der Waals surface area contributed by atoms with Crippen LogP contribution in [0.25, 0.3) is 0 Å². The van der Waals surface area contributed by atoms with Crippen LogP contribution in [0.4, 0.5) is 5.69 Å². The third-order valence-electron chi connectivity index (χ3n) is 3.94. The van der Waals surface area contributed by atoms with E-state index in [0.29, 0.717) is 53.1 Å². The van der Waals surface area contributed by atoms with Gasteiger partial charge >= 0.3 is 0 Å². The highest BCUT2D eigenvalue weighted by Crippen LogP contribution is 2.38. The van der Waals surface area contributed by atoms with Crippen molar-refractivity contribution in [2.75, 3.05) is 25.1 Å². The van der Waals surface area contributed by atoms with Crippen LogP contribution < -0.4 is 20.1 Å². The lowest BCUT2D eigenvalue weighted by Crippen LogP contribution is -2.23. The molecule has 0 spiro atoms. The molecule has 1 aliphatic rings. The van der Waals surface area contributed by atoms with Crippen LogP contribution in [0.5, 0.6) is 11.5 Å². The Morgan fingerprint density at radius 1 is 1.08 bits per heavy atom. The Labute approximate surface area is 156 Å². The van der Waals surface area contributed by atoms with E-state index in [1.165, 1.54) is 6.07 Å². The van der Waals surface area contributed by atoms with E-state index in [0.717, 1.165) is 5.56 Å². The molecule has 3 rings (SSSR count). The highest BCUT2D eigenvalue weighted by Gasteiger charge is 2.20. The molecular weight excluding hydrogens is 356 g/mol. The standard InChI is InChI=1S/C19H19ClN2O4/c1-3-21-18(23)12-5-4-11(2)15(9-12)22-19(24)13-8-14(20)17-16(10-13)25-6-7-26-17/h4-5,8-10H,3,6-7H2,1-2H3,(H,21,23)(H,22,24). The molecule has 0 aromatic heterocycles. The molecule has 1 aliphatic heterocycles. The van der Waals surface area contributed by atoms with Crippen molar-refractivity contribution in [2.24, 2.45) is 0 Å². The Bertz CT molecular complexity index is 867. The number of fused-ring (bicyclic) bond motifs is 1. The number of hydrogen-bond acceptors (Lipinski definition) is 4. The molecule has 0 saturated carbocycles. The summed E-state index contributed by atoms with van der Waals surface area (Å²) in [6, 6.07) is 8.29. The number of amides is 2. The van der Waals surface area contributed by atoms with E-state index >= 15 is 0 Å². The van der Waals surface area contributed by atoms with E-state index in [9.17, 15) is 9.59 Å². The predicted molar refractivity (Wildman–Crippen MR) is 99.6 cm³/mol. The first-order valence-electron chi connectivity index (χ1n) is 8.29. The molecule has 2 aromatic rings. The van der Waals surface area contributed by atoms with E-state index < -0.39 is 0 Å². The zero-order valence-corrected chi connectivity index (χ0v) is 15.3. The number of nitrogens with one attached hydrogen (secondary N) is 2. The van der Waals surface area contributed by atoms with Crippen molar-refractivity contribution in [3.8, 4) is 11.5 Å². The number of halogens is 1. The highest BCUT2D eigenvalue weighted by atomic mass is 35.5. The fraction of sp³-hybridized carbons (Fsp3) is 0.263. The molecule has 0 fully saturated rings. The van der Waals surface area contributed by atoms with Crippen molar-refractivity contribution in [3.63, 3.8) is 0 Å². The molecule has 2 N–H and O–H groups in total. The van der Waals surface area contributed by atoms with Crippen molar-refractivity contribution < 1.29 is 19.1 Å². The van der Waals surface area contributed by atoms with Crippen LogP contribution in [0.15, 0.2) is 30.3 Å². The Hall–Kier alpha value is -2.73. The van der Waals surface area contributed by atoms with Gasteiger partial charge in [0.25, 0.3) is 11.8 Å². The van der Waals surface area contributed by atoms with Crippen molar-refractivity contribution in [2.45, 2.75) is 13.8 Å². The molecule has 0 saturated heterocycles. The molecule has 7 heteroatoms. The first-order valence-corrected chi connectivity index (χ1v) is 8.66. The zero-order chi connectivity index (χ0) is 18.7. The van der Waals surface area contributed by atoms with Crippen molar-refractivity contribution >= 4 is 29.1 Å². The minimum Gasteiger partial charge on any atom is -0.486 e. The second-order valence-corrected chi connectivity index (χ2v) is 6.23. The summed E-state index contributed by atoms with van der Waals surface area (Å²) < 4.78 is 11.0. The number of aryl methyl sites for hydroxylation is 1. The Morgan fingerprint density at radius 3 is 2.62 bits per heavy atom. The summed E-state index contributed by atoms with van der Waals surface area (Å²) in [4.78, 5) is 24.6. The van der Waals surface area contributed by atoms with Gasteiger partial charge in [-0.15, -0.1) is 0 Å². The lowest BCUT2D eigenvalue weighted by Gasteiger charge is -2.20. The molecule has 0 radical (unpaired) electrons. The highest BCUT2D eigenvalue weighted by molar-refractivity contribution is 6.32. The Kier molecular flexibility index (Phi) is 5.32. The molecule has 26 heavy (non-hydrogen) atoms. The molecule has 6 nitrogen and oxygen atoms in total. The third kappa shape index (κ3) is 3.75. The Morgan fingerprint density at radius 2 is 1.85 bits per heavy atom. The van der Waals surface area contributed by atoms with Gasteiger partial charge in [0.15, 0.2) is 11.5 Å². The molecule has 0 atom stereocenters. The number of anilines is 1. The Balaban J connectivity index is 1.85. The summed E-state index contributed by atoms with van der Waals surface area (Å²) in [6.07, 6.45) is 0. The molecule has 0 unspecified atom stereocenters. The van der Waals surface area contributed by atoms with Gasteiger partial charge in [0, 0.05) is 23.4 Å². The minimum atomic E-state index is -0.347. The number of hydrogen-bond donors (Lipinski definition) is 2. The third-order valence-corrected chi connectivity index (χ3v) is 4.23. The number of carbonyl (C=O) groups is 2. The maximum Gasteiger partial charge on any atom is 0.255 e. The molecule has 0 aliphatic carbocycles. The molecule has 1 heterocycles. The second-order valence-electron chi connectivity index (χ2n) is 5.83. The van der Waals surface area contributed by atoms with Crippen LogP contribution in [-0.2, 0) is 0 Å². The summed E-state index contributed by atoms with van der Waals surface area (Å²) in [5, 5.41) is 5.88. The van der Waals surface area contributed by atoms with E-state index in [2.05, 4.69) is 10.6 Å². The van der Waals surface area contributed by atoms with Gasteiger partial charge < -0.3 is 20.1 Å². The van der Waals surface area contributed by atoms with Gasteiger partial charge in [-0.3, -0.25) is 9.59 Å². The lowest BCUT2D eigenvalue weighted by molar-refractivity contribution is 0.0954. The minimum absolute atomic E-state index is 0.189. The van der Waals surface area contributed by atoms with Gasteiger partial charge in [-0.05, 0) is 43.7 Å². The maximum absolute atomic E-state index is 12.6. The lowest BCUT2D eigenvalue weighted by atomic mass is 10.1. The first kappa shape index (κ1) is 18.1. The maximum atomic E-state index is 12.6. The predicted octanol–water partition coefficient (Wildman–Crippen LogP) is 3.42. The van der Waals surface area contributed by atoms with E-state index in [4.69, 9.17) is 21.1 Å². The fourth-order valence-electron chi connectivity index (χ4n) is 2.60. The average molecular weight is 375 g/mol. The van der Waals surface area contributed by atoms with Gasteiger partial charge in [0.2, 0.25) is 0 Å².